The number of hydrogen-bond donors (Lipinski definition) is 0. The molecule has 5 aromatic rings. The third-order valence-corrected chi connectivity index (χ3v) is 9.73. The molecule has 9 heteroatoms. The number of halogens is 1. The first-order valence-electron chi connectivity index (χ1n) is 13.4. The van der Waals surface area contributed by atoms with Gasteiger partial charge in [-0.25, -0.2) is 13.4 Å². The van der Waals surface area contributed by atoms with Gasteiger partial charge in [0.05, 0.1) is 21.8 Å². The molecule has 1 aliphatic heterocycles. The van der Waals surface area contributed by atoms with Gasteiger partial charge in [0, 0.05) is 49.5 Å². The maximum atomic E-state index is 13.4. The van der Waals surface area contributed by atoms with Gasteiger partial charge >= 0.3 is 0 Å². The number of benzene rings is 3. The van der Waals surface area contributed by atoms with E-state index >= 15 is 0 Å². The lowest BCUT2D eigenvalue weighted by Crippen LogP contribution is -2.48. The van der Waals surface area contributed by atoms with E-state index < -0.39 is 10.0 Å². The van der Waals surface area contributed by atoms with Gasteiger partial charge in [0.15, 0.2) is 0 Å². The molecule has 3 heterocycles. The molecule has 3 aromatic carbocycles. The standard InChI is InChI=1S/C32H28ClN5O2S/c1-23-5-4-7-25(19-23)27-11-14-31-35-32(24-9-12-28(33)13-10-24)29(38(31)21-27)22-36-15-17-37(18-16-36)41(39,40)30-8-3-2-6-26(30)20-34/h2-14,19,21H,15-18,22H2,1H3. The summed E-state index contributed by atoms with van der Waals surface area (Å²) in [6.45, 7) is 4.46. The van der Waals surface area contributed by atoms with E-state index in [0.29, 0.717) is 37.7 Å². The molecule has 1 fully saturated rings. The van der Waals surface area contributed by atoms with Crippen molar-refractivity contribution < 1.29 is 8.42 Å². The number of sulfonamides is 1. The minimum Gasteiger partial charge on any atom is -0.301 e. The van der Waals surface area contributed by atoms with Crippen LogP contribution in [0, 0.1) is 18.3 Å². The molecule has 0 unspecified atom stereocenters. The Morgan fingerprint density at radius 1 is 0.878 bits per heavy atom. The molecule has 41 heavy (non-hydrogen) atoms. The average molecular weight is 582 g/mol. The number of aryl methyl sites for hydroxylation is 1. The second-order valence-corrected chi connectivity index (χ2v) is 12.6. The molecular formula is C32H28ClN5O2S. The highest BCUT2D eigenvalue weighted by atomic mass is 35.5. The Bertz CT molecular complexity index is 1890. The van der Waals surface area contributed by atoms with Crippen molar-refractivity contribution in [3.63, 3.8) is 0 Å². The summed E-state index contributed by atoms with van der Waals surface area (Å²) in [7, 11) is -3.77. The number of imidazole rings is 1. The highest BCUT2D eigenvalue weighted by Gasteiger charge is 2.31. The topological polar surface area (TPSA) is 81.7 Å². The number of pyridine rings is 1. The Hall–Kier alpha value is -4.00. The Morgan fingerprint density at radius 2 is 1.61 bits per heavy atom. The van der Waals surface area contributed by atoms with Gasteiger partial charge in [-0.2, -0.15) is 9.57 Å². The van der Waals surface area contributed by atoms with Gasteiger partial charge in [0.1, 0.15) is 11.7 Å². The van der Waals surface area contributed by atoms with E-state index in [9.17, 15) is 13.7 Å². The number of fused-ring (bicyclic) bond motifs is 1. The summed E-state index contributed by atoms with van der Waals surface area (Å²) in [6, 6.07) is 28.6. The quantitative estimate of drug-likeness (QED) is 0.245. The van der Waals surface area contributed by atoms with Crippen molar-refractivity contribution in [3.05, 3.63) is 113 Å². The van der Waals surface area contributed by atoms with Crippen molar-refractivity contribution in [2.45, 2.75) is 18.4 Å². The average Bonchev–Trinajstić information content (AvgIpc) is 3.35. The second-order valence-electron chi connectivity index (χ2n) is 10.2. The first-order valence-corrected chi connectivity index (χ1v) is 15.2. The molecule has 0 saturated carbocycles. The smallest absolute Gasteiger partial charge is 0.244 e. The van der Waals surface area contributed by atoms with Crippen molar-refractivity contribution >= 4 is 27.3 Å². The maximum absolute atomic E-state index is 13.4. The summed E-state index contributed by atoms with van der Waals surface area (Å²) >= 11 is 6.18. The summed E-state index contributed by atoms with van der Waals surface area (Å²) in [5.74, 6) is 0. The van der Waals surface area contributed by atoms with Crippen LogP contribution < -0.4 is 0 Å². The lowest BCUT2D eigenvalue weighted by atomic mass is 10.1. The van der Waals surface area contributed by atoms with Gasteiger partial charge < -0.3 is 4.40 Å². The van der Waals surface area contributed by atoms with Gasteiger partial charge in [-0.3, -0.25) is 4.90 Å². The molecule has 0 N–H and O–H groups in total. The molecule has 0 atom stereocenters. The molecule has 1 aliphatic rings. The fraction of sp³-hybridized carbons (Fsp3) is 0.188. The second kappa shape index (κ2) is 11.1. The van der Waals surface area contributed by atoms with Crippen molar-refractivity contribution in [1.29, 1.82) is 5.26 Å². The fourth-order valence-corrected chi connectivity index (χ4v) is 7.03. The highest BCUT2D eigenvalue weighted by Crippen LogP contribution is 2.30. The van der Waals surface area contributed by atoms with E-state index in [1.165, 1.54) is 22.0 Å². The molecule has 0 bridgehead atoms. The van der Waals surface area contributed by atoms with Crippen LogP contribution in [0.15, 0.2) is 96.0 Å². The molecule has 2 aromatic heterocycles. The maximum Gasteiger partial charge on any atom is 0.244 e. The molecule has 0 spiro atoms. The lowest BCUT2D eigenvalue weighted by molar-refractivity contribution is 0.180. The first-order chi connectivity index (χ1) is 19.8. The van der Waals surface area contributed by atoms with Gasteiger partial charge in [0.25, 0.3) is 0 Å². The number of nitriles is 1. The minimum absolute atomic E-state index is 0.0615. The minimum atomic E-state index is -3.77. The van der Waals surface area contributed by atoms with Crippen molar-refractivity contribution in [2.24, 2.45) is 0 Å². The van der Waals surface area contributed by atoms with E-state index in [2.05, 4.69) is 52.8 Å². The van der Waals surface area contributed by atoms with Gasteiger partial charge in [-0.15, -0.1) is 0 Å². The summed E-state index contributed by atoms with van der Waals surface area (Å²) in [5.41, 5.74) is 7.31. The third-order valence-electron chi connectivity index (χ3n) is 7.52. The van der Waals surface area contributed by atoms with Crippen LogP contribution in [0.4, 0.5) is 0 Å². The molecule has 0 radical (unpaired) electrons. The highest BCUT2D eigenvalue weighted by molar-refractivity contribution is 7.89. The Balaban J connectivity index is 1.32. The Labute approximate surface area is 244 Å². The van der Waals surface area contributed by atoms with Gasteiger partial charge in [-0.1, -0.05) is 65.7 Å². The largest absolute Gasteiger partial charge is 0.301 e. The number of hydrogen-bond acceptors (Lipinski definition) is 5. The predicted molar refractivity (Wildman–Crippen MR) is 161 cm³/mol. The summed E-state index contributed by atoms with van der Waals surface area (Å²) in [6.07, 6.45) is 2.13. The summed E-state index contributed by atoms with van der Waals surface area (Å²) < 4.78 is 30.3. The van der Waals surface area contributed by atoms with E-state index in [0.717, 1.165) is 33.7 Å². The van der Waals surface area contributed by atoms with E-state index in [-0.39, 0.29) is 10.5 Å². The van der Waals surface area contributed by atoms with Crippen LogP contribution in [0.1, 0.15) is 16.8 Å². The zero-order valence-electron chi connectivity index (χ0n) is 22.5. The molecule has 1 saturated heterocycles. The predicted octanol–water partition coefficient (Wildman–Crippen LogP) is 6.01. The van der Waals surface area contributed by atoms with Crippen molar-refractivity contribution in [1.82, 2.24) is 18.6 Å². The number of aromatic nitrogens is 2. The summed E-state index contributed by atoms with van der Waals surface area (Å²) in [4.78, 5) is 7.32. The van der Waals surface area contributed by atoms with Gasteiger partial charge in [0.2, 0.25) is 10.0 Å². The Morgan fingerprint density at radius 3 is 2.34 bits per heavy atom. The Kier molecular flexibility index (Phi) is 7.37. The normalized spacial score (nSPS) is 14.8. The molecular weight excluding hydrogens is 554 g/mol. The van der Waals surface area contributed by atoms with E-state index in [4.69, 9.17) is 16.6 Å². The molecule has 7 nitrogen and oxygen atoms in total. The first kappa shape index (κ1) is 27.2. The van der Waals surface area contributed by atoms with Gasteiger partial charge in [-0.05, 0) is 54.4 Å². The van der Waals surface area contributed by atoms with Crippen LogP contribution in [0.3, 0.4) is 0 Å². The van der Waals surface area contributed by atoms with Crippen LogP contribution in [-0.4, -0.2) is 53.2 Å². The zero-order chi connectivity index (χ0) is 28.6. The molecule has 206 valence electrons. The zero-order valence-corrected chi connectivity index (χ0v) is 24.1. The molecule has 6 rings (SSSR count). The molecule has 0 amide bonds. The van der Waals surface area contributed by atoms with E-state index in [1.807, 2.05) is 36.4 Å². The van der Waals surface area contributed by atoms with E-state index in [1.54, 1.807) is 12.1 Å². The molecule has 0 aliphatic carbocycles. The third kappa shape index (κ3) is 5.37. The van der Waals surface area contributed by atoms with Crippen LogP contribution in [0.2, 0.25) is 5.02 Å². The monoisotopic (exact) mass is 581 g/mol. The number of nitrogens with zero attached hydrogens (tertiary/aromatic N) is 5. The van der Waals surface area contributed by atoms with Crippen LogP contribution in [0.5, 0.6) is 0 Å². The van der Waals surface area contributed by atoms with Crippen LogP contribution in [0.25, 0.3) is 28.0 Å². The fourth-order valence-electron chi connectivity index (χ4n) is 5.34. The van der Waals surface area contributed by atoms with Crippen molar-refractivity contribution in [3.8, 4) is 28.5 Å². The SMILES string of the molecule is Cc1cccc(-c2ccc3nc(-c4ccc(Cl)cc4)c(CN4CCN(S(=O)(=O)c5ccccc5C#N)CC4)n3c2)c1. The number of piperazine rings is 1. The lowest BCUT2D eigenvalue weighted by Gasteiger charge is -2.34. The van der Waals surface area contributed by atoms with Crippen LogP contribution in [-0.2, 0) is 16.6 Å². The van der Waals surface area contributed by atoms with Crippen LogP contribution >= 0.6 is 11.6 Å². The summed E-state index contributed by atoms with van der Waals surface area (Å²) in [5, 5.41) is 10.1. The number of rotatable bonds is 6. The van der Waals surface area contributed by atoms with Crippen molar-refractivity contribution in [2.75, 3.05) is 26.2 Å².